The predicted molar refractivity (Wildman–Crippen MR) is 104 cm³/mol. The molecule has 26 heavy (non-hydrogen) atoms. The molecule has 2 aliphatic heterocycles. The summed E-state index contributed by atoms with van der Waals surface area (Å²) >= 11 is 0. The molecule has 1 aromatic carbocycles. The van der Waals surface area contributed by atoms with Crippen molar-refractivity contribution in [2.75, 3.05) is 45.9 Å². The van der Waals surface area contributed by atoms with Crippen LogP contribution in [0.25, 0.3) is 0 Å². The highest BCUT2D eigenvalue weighted by molar-refractivity contribution is 5.78. The third kappa shape index (κ3) is 6.08. The Morgan fingerprint density at radius 3 is 2.31 bits per heavy atom. The summed E-state index contributed by atoms with van der Waals surface area (Å²) in [5.74, 6) is 1.50. The first kappa shape index (κ1) is 19.3. The van der Waals surface area contributed by atoms with E-state index < -0.39 is 0 Å². The number of piperidine rings is 1. The van der Waals surface area contributed by atoms with Gasteiger partial charge in [0.15, 0.2) is 0 Å². The third-order valence-electron chi connectivity index (χ3n) is 5.33. The standard InChI is InChI=1S/C21H33N3O2/c1-17-11-18(2)14-24(13-17)16-21(25)22-12-19-3-5-20(6-4-19)15-23-7-9-26-10-8-23/h3-6,17-18H,7-16H2,1-2H3,(H,22,25)/t17-,18-/m1/s1. The fraction of sp³-hybridized carbons (Fsp3) is 0.667. The molecule has 1 aromatic rings. The first-order valence-electron chi connectivity index (χ1n) is 9.95. The number of carbonyl (C=O) groups is 1. The second-order valence-electron chi connectivity index (χ2n) is 8.12. The highest BCUT2D eigenvalue weighted by atomic mass is 16.5. The van der Waals surface area contributed by atoms with Gasteiger partial charge >= 0.3 is 0 Å². The Bertz CT molecular complexity index is 559. The van der Waals surface area contributed by atoms with Crippen LogP contribution >= 0.6 is 0 Å². The summed E-state index contributed by atoms with van der Waals surface area (Å²) in [7, 11) is 0. The van der Waals surface area contributed by atoms with Crippen LogP contribution in [-0.4, -0.2) is 61.6 Å². The van der Waals surface area contributed by atoms with E-state index in [-0.39, 0.29) is 5.91 Å². The van der Waals surface area contributed by atoms with Crippen LogP contribution in [0.5, 0.6) is 0 Å². The number of hydrogen-bond donors (Lipinski definition) is 1. The summed E-state index contributed by atoms with van der Waals surface area (Å²) in [4.78, 5) is 17.0. The molecule has 144 valence electrons. The molecule has 2 atom stereocenters. The molecule has 1 amide bonds. The molecule has 3 rings (SSSR count). The van der Waals surface area contributed by atoms with Crippen molar-refractivity contribution in [2.24, 2.45) is 11.8 Å². The molecule has 0 aromatic heterocycles. The molecular formula is C21H33N3O2. The van der Waals surface area contributed by atoms with E-state index >= 15 is 0 Å². The molecule has 0 aliphatic carbocycles. The van der Waals surface area contributed by atoms with Gasteiger partial charge in [-0.3, -0.25) is 14.6 Å². The van der Waals surface area contributed by atoms with Crippen molar-refractivity contribution in [3.8, 4) is 0 Å². The van der Waals surface area contributed by atoms with Gasteiger partial charge in [-0.2, -0.15) is 0 Å². The lowest BCUT2D eigenvalue weighted by atomic mass is 9.92. The lowest BCUT2D eigenvalue weighted by molar-refractivity contribution is -0.123. The highest BCUT2D eigenvalue weighted by Gasteiger charge is 2.23. The number of likely N-dealkylation sites (tertiary alicyclic amines) is 1. The molecule has 5 heteroatoms. The minimum atomic E-state index is 0.128. The number of hydrogen-bond acceptors (Lipinski definition) is 4. The third-order valence-corrected chi connectivity index (χ3v) is 5.33. The Balaban J connectivity index is 1.40. The van der Waals surface area contributed by atoms with E-state index in [0.717, 1.165) is 51.5 Å². The minimum Gasteiger partial charge on any atom is -0.379 e. The Morgan fingerprint density at radius 2 is 1.65 bits per heavy atom. The maximum Gasteiger partial charge on any atom is 0.234 e. The van der Waals surface area contributed by atoms with E-state index in [2.05, 4.69) is 53.2 Å². The summed E-state index contributed by atoms with van der Waals surface area (Å²) < 4.78 is 5.39. The largest absolute Gasteiger partial charge is 0.379 e. The van der Waals surface area contributed by atoms with Crippen LogP contribution in [0.4, 0.5) is 0 Å². The maximum absolute atomic E-state index is 12.3. The Morgan fingerprint density at radius 1 is 1.04 bits per heavy atom. The van der Waals surface area contributed by atoms with Gasteiger partial charge in [-0.1, -0.05) is 38.1 Å². The van der Waals surface area contributed by atoms with E-state index in [9.17, 15) is 4.79 Å². The zero-order chi connectivity index (χ0) is 18.4. The van der Waals surface area contributed by atoms with Gasteiger partial charge < -0.3 is 10.1 Å². The summed E-state index contributed by atoms with van der Waals surface area (Å²) in [5.41, 5.74) is 2.47. The van der Waals surface area contributed by atoms with Gasteiger partial charge in [0.25, 0.3) is 0 Å². The van der Waals surface area contributed by atoms with Crippen LogP contribution in [0, 0.1) is 11.8 Å². The predicted octanol–water partition coefficient (Wildman–Crippen LogP) is 2.11. The highest BCUT2D eigenvalue weighted by Crippen LogP contribution is 2.20. The SMILES string of the molecule is C[C@@H]1C[C@@H](C)CN(CC(=O)NCc2ccc(CN3CCOCC3)cc2)C1. The van der Waals surface area contributed by atoms with Crippen LogP contribution in [0.3, 0.4) is 0 Å². The van der Waals surface area contributed by atoms with Gasteiger partial charge in [0.2, 0.25) is 5.91 Å². The van der Waals surface area contributed by atoms with Gasteiger partial charge in [0, 0.05) is 39.3 Å². The molecule has 2 aliphatic rings. The van der Waals surface area contributed by atoms with E-state index in [4.69, 9.17) is 4.74 Å². The number of rotatable bonds is 6. The van der Waals surface area contributed by atoms with E-state index in [1.807, 2.05) is 0 Å². The Hall–Kier alpha value is -1.43. The Kier molecular flexibility index (Phi) is 7.06. The molecule has 1 N–H and O–H groups in total. The molecule has 2 heterocycles. The number of nitrogens with one attached hydrogen (secondary N) is 1. The smallest absolute Gasteiger partial charge is 0.234 e. The van der Waals surface area contributed by atoms with Gasteiger partial charge in [-0.15, -0.1) is 0 Å². The number of nitrogens with zero attached hydrogens (tertiary/aromatic N) is 2. The van der Waals surface area contributed by atoms with Crippen molar-refractivity contribution < 1.29 is 9.53 Å². The van der Waals surface area contributed by atoms with Gasteiger partial charge in [0.05, 0.1) is 19.8 Å². The first-order valence-corrected chi connectivity index (χ1v) is 9.95. The zero-order valence-electron chi connectivity index (χ0n) is 16.2. The molecule has 0 bridgehead atoms. The maximum atomic E-state index is 12.3. The normalized spacial score (nSPS) is 25.2. The summed E-state index contributed by atoms with van der Waals surface area (Å²) in [6.07, 6.45) is 1.27. The summed E-state index contributed by atoms with van der Waals surface area (Å²) in [6, 6.07) is 8.60. The van der Waals surface area contributed by atoms with Crippen LogP contribution in [0.15, 0.2) is 24.3 Å². The van der Waals surface area contributed by atoms with Crippen molar-refractivity contribution in [3.63, 3.8) is 0 Å². The lowest BCUT2D eigenvalue weighted by Gasteiger charge is -2.34. The fourth-order valence-electron chi connectivity index (χ4n) is 4.16. The van der Waals surface area contributed by atoms with Crippen LogP contribution in [-0.2, 0) is 22.6 Å². The monoisotopic (exact) mass is 359 g/mol. The fourth-order valence-corrected chi connectivity index (χ4v) is 4.16. The second kappa shape index (κ2) is 9.49. The molecule has 5 nitrogen and oxygen atoms in total. The first-order chi connectivity index (χ1) is 12.6. The van der Waals surface area contributed by atoms with Gasteiger partial charge in [0.1, 0.15) is 0 Å². The van der Waals surface area contributed by atoms with Gasteiger partial charge in [-0.25, -0.2) is 0 Å². The van der Waals surface area contributed by atoms with E-state index in [1.54, 1.807) is 0 Å². The summed E-state index contributed by atoms with van der Waals surface area (Å²) in [5, 5.41) is 3.07. The average molecular weight is 360 g/mol. The van der Waals surface area contributed by atoms with E-state index in [0.29, 0.717) is 24.9 Å². The van der Waals surface area contributed by atoms with Gasteiger partial charge in [-0.05, 0) is 29.4 Å². The van der Waals surface area contributed by atoms with Crippen LogP contribution in [0.2, 0.25) is 0 Å². The van der Waals surface area contributed by atoms with Crippen molar-refractivity contribution in [3.05, 3.63) is 35.4 Å². The molecule has 0 spiro atoms. The molecule has 2 fully saturated rings. The number of morpholine rings is 1. The lowest BCUT2D eigenvalue weighted by Crippen LogP contribution is -2.44. The molecule has 2 saturated heterocycles. The topological polar surface area (TPSA) is 44.8 Å². The number of benzene rings is 1. The van der Waals surface area contributed by atoms with Crippen LogP contribution in [0.1, 0.15) is 31.4 Å². The summed E-state index contributed by atoms with van der Waals surface area (Å²) in [6.45, 7) is 12.4. The number of ether oxygens (including phenoxy) is 1. The average Bonchev–Trinajstić information content (AvgIpc) is 2.61. The molecular weight excluding hydrogens is 326 g/mol. The molecule has 0 radical (unpaired) electrons. The number of amides is 1. The van der Waals surface area contributed by atoms with E-state index in [1.165, 1.54) is 12.0 Å². The number of carbonyl (C=O) groups excluding carboxylic acids is 1. The minimum absolute atomic E-state index is 0.128. The van der Waals surface area contributed by atoms with Crippen molar-refractivity contribution in [1.82, 2.24) is 15.1 Å². The quantitative estimate of drug-likeness (QED) is 0.845. The Labute approximate surface area is 157 Å². The van der Waals surface area contributed by atoms with Crippen molar-refractivity contribution in [2.45, 2.75) is 33.4 Å². The molecule has 0 saturated carbocycles. The molecule has 0 unspecified atom stereocenters. The second-order valence-corrected chi connectivity index (χ2v) is 8.12. The zero-order valence-corrected chi connectivity index (χ0v) is 16.2. The van der Waals surface area contributed by atoms with Crippen LogP contribution < -0.4 is 5.32 Å². The van der Waals surface area contributed by atoms with Crippen molar-refractivity contribution >= 4 is 5.91 Å². The van der Waals surface area contributed by atoms with Crippen molar-refractivity contribution in [1.29, 1.82) is 0 Å².